The Hall–Kier alpha value is -2.90. The third-order valence-corrected chi connectivity index (χ3v) is 3.78. The second-order valence-electron chi connectivity index (χ2n) is 5.88. The van der Waals surface area contributed by atoms with Gasteiger partial charge in [0.1, 0.15) is 11.5 Å². The highest BCUT2D eigenvalue weighted by molar-refractivity contribution is 5.91. The van der Waals surface area contributed by atoms with Gasteiger partial charge in [-0.2, -0.15) is 0 Å². The average Bonchev–Trinajstić information content (AvgIpc) is 3.12. The van der Waals surface area contributed by atoms with E-state index in [9.17, 15) is 4.79 Å². The van der Waals surface area contributed by atoms with E-state index in [2.05, 4.69) is 10.3 Å². The number of nitrogens with zero attached hydrogens (tertiary/aromatic N) is 4. The van der Waals surface area contributed by atoms with Crippen LogP contribution in [0.1, 0.15) is 16.1 Å². The smallest absolute Gasteiger partial charge is 0.276 e. The molecule has 8 heteroatoms. The van der Waals surface area contributed by atoms with Crippen molar-refractivity contribution >= 4 is 18.3 Å². The van der Waals surface area contributed by atoms with Gasteiger partial charge in [-0.25, -0.2) is 0 Å². The maximum atomic E-state index is 12.4. The zero-order chi connectivity index (χ0) is 18.4. The third kappa shape index (κ3) is 5.54. The minimum Gasteiger partial charge on any atom is -0.457 e. The molecule has 2 N–H and O–H groups in total. The molecule has 27 heavy (non-hydrogen) atoms. The summed E-state index contributed by atoms with van der Waals surface area (Å²) in [4.78, 5) is 14.0. The summed E-state index contributed by atoms with van der Waals surface area (Å²) < 4.78 is 7.34. The van der Waals surface area contributed by atoms with Gasteiger partial charge in [-0.05, 0) is 29.8 Å². The first kappa shape index (κ1) is 20.4. The van der Waals surface area contributed by atoms with E-state index in [1.54, 1.807) is 22.8 Å². The van der Waals surface area contributed by atoms with Gasteiger partial charge in [0, 0.05) is 20.1 Å². The molecule has 142 valence electrons. The van der Waals surface area contributed by atoms with Gasteiger partial charge in [-0.1, -0.05) is 35.5 Å². The summed E-state index contributed by atoms with van der Waals surface area (Å²) in [6, 6.07) is 17.2. The van der Waals surface area contributed by atoms with E-state index in [-0.39, 0.29) is 18.3 Å². The first-order valence-electron chi connectivity index (χ1n) is 8.33. The third-order valence-electron chi connectivity index (χ3n) is 3.78. The summed E-state index contributed by atoms with van der Waals surface area (Å²) in [5.41, 5.74) is 6.78. The molecule has 0 aliphatic heterocycles. The number of nitrogens with two attached hydrogens (primary N) is 1. The molecule has 2 aromatic carbocycles. The van der Waals surface area contributed by atoms with E-state index < -0.39 is 0 Å². The SMILES string of the molecule is CN(Cc1ccc(Oc2ccccc2)cc1)C(=O)c1cn(CCN)nn1.Cl. The summed E-state index contributed by atoms with van der Waals surface area (Å²) in [5.74, 6) is 1.35. The molecule has 0 aliphatic rings. The van der Waals surface area contributed by atoms with E-state index in [0.29, 0.717) is 25.3 Å². The lowest BCUT2D eigenvalue weighted by molar-refractivity contribution is 0.0779. The van der Waals surface area contributed by atoms with Crippen LogP contribution in [0, 0.1) is 0 Å². The number of ether oxygens (including phenoxy) is 1. The summed E-state index contributed by atoms with van der Waals surface area (Å²) in [6.07, 6.45) is 1.61. The Bertz CT molecular complexity index is 852. The quantitative estimate of drug-likeness (QED) is 0.673. The van der Waals surface area contributed by atoms with Crippen LogP contribution in [0.25, 0.3) is 0 Å². The van der Waals surface area contributed by atoms with Gasteiger partial charge in [0.2, 0.25) is 0 Å². The zero-order valence-corrected chi connectivity index (χ0v) is 15.8. The number of amides is 1. The van der Waals surface area contributed by atoms with Crippen molar-refractivity contribution in [1.82, 2.24) is 19.9 Å². The summed E-state index contributed by atoms with van der Waals surface area (Å²) in [6.45, 7) is 1.45. The molecule has 3 rings (SSSR count). The van der Waals surface area contributed by atoms with Gasteiger partial charge in [0.25, 0.3) is 5.91 Å². The standard InChI is InChI=1S/C19H21N5O2.ClH/c1-23(19(25)18-14-24(12-11-20)22-21-18)13-15-7-9-17(10-8-15)26-16-5-3-2-4-6-16;/h2-10,14H,11-13,20H2,1H3;1H. The highest BCUT2D eigenvalue weighted by Crippen LogP contribution is 2.21. The first-order chi connectivity index (χ1) is 12.7. The van der Waals surface area contributed by atoms with Gasteiger partial charge in [-0.15, -0.1) is 17.5 Å². The predicted molar refractivity (Wildman–Crippen MR) is 105 cm³/mol. The molecule has 0 spiro atoms. The molecule has 1 aromatic heterocycles. The number of aromatic nitrogens is 3. The van der Waals surface area contributed by atoms with Crippen molar-refractivity contribution in [1.29, 1.82) is 0 Å². The maximum Gasteiger partial charge on any atom is 0.276 e. The molecule has 1 heterocycles. The lowest BCUT2D eigenvalue weighted by atomic mass is 10.2. The molecule has 3 aromatic rings. The van der Waals surface area contributed by atoms with Gasteiger partial charge < -0.3 is 15.4 Å². The molecule has 0 unspecified atom stereocenters. The van der Waals surface area contributed by atoms with Crippen molar-refractivity contribution in [2.75, 3.05) is 13.6 Å². The van der Waals surface area contributed by atoms with Crippen molar-refractivity contribution in [2.24, 2.45) is 5.73 Å². The Kier molecular flexibility index (Phi) is 7.34. The van der Waals surface area contributed by atoms with Crippen LogP contribution in [0.15, 0.2) is 60.8 Å². The molecule has 0 bridgehead atoms. The van der Waals surface area contributed by atoms with Crippen LogP contribution in [-0.4, -0.2) is 39.4 Å². The Labute approximate surface area is 164 Å². The molecule has 0 radical (unpaired) electrons. The van der Waals surface area contributed by atoms with Gasteiger partial charge in [0.05, 0.1) is 12.7 Å². The molecule has 1 amide bonds. The highest BCUT2D eigenvalue weighted by atomic mass is 35.5. The number of hydrogen-bond donors (Lipinski definition) is 1. The minimum atomic E-state index is -0.183. The molecule has 0 saturated heterocycles. The van der Waals surface area contributed by atoms with E-state index in [0.717, 1.165) is 17.1 Å². The van der Waals surface area contributed by atoms with Crippen molar-refractivity contribution in [3.05, 3.63) is 72.1 Å². The number of carbonyl (C=O) groups is 1. The molecular formula is C19H22ClN5O2. The van der Waals surface area contributed by atoms with Crippen LogP contribution in [0.3, 0.4) is 0 Å². The number of para-hydroxylation sites is 1. The van der Waals surface area contributed by atoms with E-state index in [1.807, 2.05) is 54.6 Å². The maximum absolute atomic E-state index is 12.4. The highest BCUT2D eigenvalue weighted by Gasteiger charge is 2.16. The second-order valence-corrected chi connectivity index (χ2v) is 5.88. The number of benzene rings is 2. The summed E-state index contributed by atoms with van der Waals surface area (Å²) >= 11 is 0. The van der Waals surface area contributed by atoms with Gasteiger partial charge in [0.15, 0.2) is 5.69 Å². The topological polar surface area (TPSA) is 86.3 Å². The van der Waals surface area contributed by atoms with Crippen molar-refractivity contribution in [3.8, 4) is 11.5 Å². The fourth-order valence-corrected chi connectivity index (χ4v) is 2.47. The van der Waals surface area contributed by atoms with Crippen LogP contribution in [0.2, 0.25) is 0 Å². The van der Waals surface area contributed by atoms with E-state index in [4.69, 9.17) is 10.5 Å². The van der Waals surface area contributed by atoms with E-state index >= 15 is 0 Å². The number of halogens is 1. The summed E-state index contributed by atoms with van der Waals surface area (Å²) in [7, 11) is 1.73. The van der Waals surface area contributed by atoms with E-state index in [1.165, 1.54) is 0 Å². The van der Waals surface area contributed by atoms with Crippen LogP contribution in [-0.2, 0) is 13.1 Å². The molecule has 7 nitrogen and oxygen atoms in total. The van der Waals surface area contributed by atoms with Crippen LogP contribution < -0.4 is 10.5 Å². The predicted octanol–water partition coefficient (Wildman–Crippen LogP) is 2.72. The molecular weight excluding hydrogens is 366 g/mol. The van der Waals surface area contributed by atoms with Crippen LogP contribution >= 0.6 is 12.4 Å². The van der Waals surface area contributed by atoms with Gasteiger partial charge in [-0.3, -0.25) is 9.48 Å². The Morgan fingerprint density at radius 2 is 1.78 bits per heavy atom. The number of hydrogen-bond acceptors (Lipinski definition) is 5. The minimum absolute atomic E-state index is 0. The fourth-order valence-electron chi connectivity index (χ4n) is 2.47. The van der Waals surface area contributed by atoms with Crippen LogP contribution in [0.4, 0.5) is 0 Å². The first-order valence-corrected chi connectivity index (χ1v) is 8.33. The van der Waals surface area contributed by atoms with Crippen molar-refractivity contribution < 1.29 is 9.53 Å². The molecule has 0 atom stereocenters. The lowest BCUT2D eigenvalue weighted by Gasteiger charge is -2.16. The summed E-state index contributed by atoms with van der Waals surface area (Å²) in [5, 5.41) is 7.80. The molecule has 0 fully saturated rings. The van der Waals surface area contributed by atoms with Crippen molar-refractivity contribution in [2.45, 2.75) is 13.1 Å². The monoisotopic (exact) mass is 387 g/mol. The second kappa shape index (κ2) is 9.70. The number of rotatable bonds is 7. The molecule has 0 saturated carbocycles. The fraction of sp³-hybridized carbons (Fsp3) is 0.211. The normalized spacial score (nSPS) is 10.1. The largest absolute Gasteiger partial charge is 0.457 e. The van der Waals surface area contributed by atoms with Crippen molar-refractivity contribution in [3.63, 3.8) is 0 Å². The number of carbonyl (C=O) groups excluding carboxylic acids is 1. The lowest BCUT2D eigenvalue weighted by Crippen LogP contribution is -2.26. The van der Waals surface area contributed by atoms with Crippen LogP contribution in [0.5, 0.6) is 11.5 Å². The Morgan fingerprint density at radius 1 is 1.11 bits per heavy atom. The Morgan fingerprint density at radius 3 is 2.44 bits per heavy atom. The van der Waals surface area contributed by atoms with Gasteiger partial charge >= 0.3 is 0 Å². The average molecular weight is 388 g/mol. The Balaban J connectivity index is 0.00000261. The molecule has 0 aliphatic carbocycles. The zero-order valence-electron chi connectivity index (χ0n) is 15.0.